The summed E-state index contributed by atoms with van der Waals surface area (Å²) in [7, 11) is 5.07. The average molecular weight is 335 g/mol. The third-order valence-electron chi connectivity index (χ3n) is 4.29. The number of carbonyl (C=O) groups is 1. The molecule has 0 radical (unpaired) electrons. The highest BCUT2D eigenvalue weighted by Crippen LogP contribution is 2.36. The van der Waals surface area contributed by atoms with Crippen molar-refractivity contribution in [3.63, 3.8) is 0 Å². The Morgan fingerprint density at radius 2 is 2.04 bits per heavy atom. The fourth-order valence-electron chi connectivity index (χ4n) is 3.17. The number of pyridine rings is 1. The number of aryl methyl sites for hydroxylation is 1. The first-order valence-electron chi connectivity index (χ1n) is 7.84. The van der Waals surface area contributed by atoms with E-state index in [0.717, 1.165) is 11.1 Å². The van der Waals surface area contributed by atoms with Crippen molar-refractivity contribution in [3.8, 4) is 11.3 Å². The zero-order chi connectivity index (χ0) is 17.6. The van der Waals surface area contributed by atoms with Gasteiger partial charge in [-0.1, -0.05) is 30.3 Å². The van der Waals surface area contributed by atoms with Gasteiger partial charge in [-0.3, -0.25) is 0 Å². The second kappa shape index (κ2) is 5.62. The summed E-state index contributed by atoms with van der Waals surface area (Å²) in [6.45, 7) is 0. The van der Waals surface area contributed by atoms with Crippen LogP contribution >= 0.6 is 0 Å². The first-order chi connectivity index (χ1) is 12.2. The molecule has 2 N–H and O–H groups in total. The maximum absolute atomic E-state index is 12.6. The third-order valence-corrected chi connectivity index (χ3v) is 4.29. The van der Waals surface area contributed by atoms with Crippen LogP contribution in [0, 0.1) is 0 Å². The Hall–Kier alpha value is -3.35. The van der Waals surface area contributed by atoms with Crippen LogP contribution in [0.5, 0.6) is 0 Å². The van der Waals surface area contributed by atoms with E-state index in [9.17, 15) is 4.79 Å². The number of aromatic nitrogens is 4. The van der Waals surface area contributed by atoms with E-state index < -0.39 is 5.97 Å². The minimum absolute atomic E-state index is 0.411. The molecular weight excluding hydrogens is 318 g/mol. The van der Waals surface area contributed by atoms with Crippen LogP contribution in [-0.4, -0.2) is 39.6 Å². The Morgan fingerprint density at radius 1 is 1.28 bits per heavy atom. The van der Waals surface area contributed by atoms with Gasteiger partial charge in [0.05, 0.1) is 35.6 Å². The van der Waals surface area contributed by atoms with Crippen LogP contribution in [0.1, 0.15) is 10.4 Å². The maximum Gasteiger partial charge on any atom is 0.340 e. The van der Waals surface area contributed by atoms with Crippen LogP contribution in [0.3, 0.4) is 0 Å². The van der Waals surface area contributed by atoms with Gasteiger partial charge in [0, 0.05) is 14.1 Å². The zero-order valence-corrected chi connectivity index (χ0v) is 14.1. The number of hydrogen-bond acceptors (Lipinski definition) is 5. The number of nitrogens with zero attached hydrogens (tertiary/aromatic N) is 3. The standard InChI is InChI=1S/C18H17N5O2/c1-19-17-14-15(23(2)9-20-14)12-11(18(24)25-3)13(21-16(12)22-17)10-7-5-4-6-8-10/h4-9H,1-3H3,(H2,19,21,22). The molecule has 0 saturated heterocycles. The van der Waals surface area contributed by atoms with Gasteiger partial charge < -0.3 is 19.6 Å². The van der Waals surface area contributed by atoms with Gasteiger partial charge in [0.2, 0.25) is 0 Å². The van der Waals surface area contributed by atoms with Gasteiger partial charge in [0.25, 0.3) is 0 Å². The van der Waals surface area contributed by atoms with Gasteiger partial charge in [0.15, 0.2) is 5.82 Å². The molecule has 0 saturated carbocycles. The number of fused-ring (bicyclic) bond motifs is 3. The maximum atomic E-state index is 12.6. The number of rotatable bonds is 3. The Morgan fingerprint density at radius 3 is 2.72 bits per heavy atom. The van der Waals surface area contributed by atoms with E-state index in [0.29, 0.717) is 33.6 Å². The molecule has 7 heteroatoms. The lowest BCUT2D eigenvalue weighted by Gasteiger charge is -2.05. The minimum atomic E-state index is -0.411. The number of aromatic amines is 1. The number of ether oxygens (including phenoxy) is 1. The van der Waals surface area contributed by atoms with E-state index in [1.807, 2.05) is 41.9 Å². The molecule has 0 amide bonds. The predicted octanol–water partition coefficient (Wildman–Crippen LogP) is 2.94. The van der Waals surface area contributed by atoms with E-state index in [1.165, 1.54) is 7.11 Å². The molecule has 4 aromatic rings. The Kier molecular flexibility index (Phi) is 3.42. The molecule has 126 valence electrons. The van der Waals surface area contributed by atoms with Crippen LogP contribution in [-0.2, 0) is 11.8 Å². The van der Waals surface area contributed by atoms with Crippen molar-refractivity contribution in [3.05, 3.63) is 42.2 Å². The number of hydrogen-bond donors (Lipinski definition) is 2. The molecule has 1 aromatic carbocycles. The fraction of sp³-hybridized carbons (Fsp3) is 0.167. The molecule has 0 aliphatic heterocycles. The topological polar surface area (TPSA) is 84.8 Å². The van der Waals surface area contributed by atoms with Crippen LogP contribution in [0.2, 0.25) is 0 Å². The summed E-state index contributed by atoms with van der Waals surface area (Å²) in [5, 5.41) is 3.77. The van der Waals surface area contributed by atoms with Gasteiger partial charge in [-0.05, 0) is 5.56 Å². The molecule has 0 bridgehead atoms. The van der Waals surface area contributed by atoms with Crippen molar-refractivity contribution in [1.82, 2.24) is 19.5 Å². The zero-order valence-electron chi connectivity index (χ0n) is 14.1. The van der Waals surface area contributed by atoms with E-state index in [1.54, 1.807) is 13.4 Å². The number of nitrogens with one attached hydrogen (secondary N) is 2. The summed E-state index contributed by atoms with van der Waals surface area (Å²) < 4.78 is 6.94. The minimum Gasteiger partial charge on any atom is -0.465 e. The van der Waals surface area contributed by atoms with Gasteiger partial charge in [0.1, 0.15) is 11.2 Å². The summed E-state index contributed by atoms with van der Waals surface area (Å²) >= 11 is 0. The smallest absolute Gasteiger partial charge is 0.340 e. The van der Waals surface area contributed by atoms with Crippen molar-refractivity contribution in [2.75, 3.05) is 19.5 Å². The molecule has 0 aliphatic carbocycles. The summed E-state index contributed by atoms with van der Waals surface area (Å²) in [5.74, 6) is 0.243. The van der Waals surface area contributed by atoms with Gasteiger partial charge >= 0.3 is 5.97 Å². The lowest BCUT2D eigenvalue weighted by molar-refractivity contribution is 0.0604. The summed E-state index contributed by atoms with van der Waals surface area (Å²) in [6, 6.07) is 9.66. The van der Waals surface area contributed by atoms with E-state index in [2.05, 4.69) is 20.3 Å². The molecule has 0 fully saturated rings. The molecule has 0 spiro atoms. The second-order valence-electron chi connectivity index (χ2n) is 5.72. The van der Waals surface area contributed by atoms with Crippen LogP contribution in [0.4, 0.5) is 5.82 Å². The first-order valence-corrected chi connectivity index (χ1v) is 7.84. The van der Waals surface area contributed by atoms with Crippen molar-refractivity contribution < 1.29 is 9.53 Å². The highest BCUT2D eigenvalue weighted by atomic mass is 16.5. The van der Waals surface area contributed by atoms with Crippen LogP contribution in [0.25, 0.3) is 33.3 Å². The highest BCUT2D eigenvalue weighted by Gasteiger charge is 2.25. The second-order valence-corrected chi connectivity index (χ2v) is 5.72. The number of methoxy groups -OCH3 is 1. The molecule has 4 rings (SSSR count). The highest BCUT2D eigenvalue weighted by molar-refractivity contribution is 6.18. The number of carbonyl (C=O) groups excluding carboxylic acids is 1. The monoisotopic (exact) mass is 335 g/mol. The molecule has 0 unspecified atom stereocenters. The molecule has 0 atom stereocenters. The number of anilines is 1. The largest absolute Gasteiger partial charge is 0.465 e. The van der Waals surface area contributed by atoms with Gasteiger partial charge in [-0.2, -0.15) is 0 Å². The van der Waals surface area contributed by atoms with Crippen LogP contribution in [0.15, 0.2) is 36.7 Å². The lowest BCUT2D eigenvalue weighted by atomic mass is 10.1. The number of H-pyrrole nitrogens is 1. The van der Waals surface area contributed by atoms with Crippen molar-refractivity contribution in [1.29, 1.82) is 0 Å². The summed E-state index contributed by atoms with van der Waals surface area (Å²) in [5.41, 5.74) is 4.19. The summed E-state index contributed by atoms with van der Waals surface area (Å²) in [4.78, 5) is 24.9. The third kappa shape index (κ3) is 2.16. The Bertz CT molecular complexity index is 1100. The molecule has 25 heavy (non-hydrogen) atoms. The van der Waals surface area contributed by atoms with Crippen molar-refractivity contribution in [2.24, 2.45) is 7.05 Å². The summed E-state index contributed by atoms with van der Waals surface area (Å²) in [6.07, 6.45) is 1.71. The molecule has 3 heterocycles. The van der Waals surface area contributed by atoms with Gasteiger partial charge in [-0.15, -0.1) is 0 Å². The van der Waals surface area contributed by atoms with E-state index >= 15 is 0 Å². The van der Waals surface area contributed by atoms with Crippen molar-refractivity contribution >= 4 is 33.9 Å². The lowest BCUT2D eigenvalue weighted by Crippen LogP contribution is -2.03. The molecule has 3 aromatic heterocycles. The average Bonchev–Trinajstić information content (AvgIpc) is 3.21. The Labute approximate surface area is 143 Å². The van der Waals surface area contributed by atoms with E-state index in [4.69, 9.17) is 4.74 Å². The normalized spacial score (nSPS) is 11.2. The first kappa shape index (κ1) is 15.2. The molecular formula is C18H17N5O2. The molecule has 7 nitrogen and oxygen atoms in total. The number of imidazole rings is 1. The fourth-order valence-corrected chi connectivity index (χ4v) is 3.17. The number of esters is 1. The quantitative estimate of drug-likeness (QED) is 0.562. The SMILES string of the molecule is CNc1nc2[nH]c(-c3ccccc3)c(C(=O)OC)c2c2c1ncn2C. The predicted molar refractivity (Wildman–Crippen MR) is 96.7 cm³/mol. The van der Waals surface area contributed by atoms with Crippen LogP contribution < -0.4 is 5.32 Å². The Balaban J connectivity index is 2.20. The number of benzene rings is 1. The van der Waals surface area contributed by atoms with Gasteiger partial charge in [-0.25, -0.2) is 14.8 Å². The molecule has 0 aliphatic rings. The van der Waals surface area contributed by atoms with E-state index in [-0.39, 0.29) is 0 Å². The van der Waals surface area contributed by atoms with Crippen molar-refractivity contribution in [2.45, 2.75) is 0 Å².